The zero-order chi connectivity index (χ0) is 24.6. The van der Waals surface area contributed by atoms with E-state index in [9.17, 15) is 15.0 Å². The molecule has 0 aromatic heterocycles. The van der Waals surface area contributed by atoms with E-state index in [4.69, 9.17) is 9.47 Å². The van der Waals surface area contributed by atoms with Gasteiger partial charge in [0.1, 0.15) is 12.4 Å². The van der Waals surface area contributed by atoms with Crippen molar-refractivity contribution >= 4 is 12.1 Å². The first-order chi connectivity index (χ1) is 17.0. The molecule has 0 fully saturated rings. The summed E-state index contributed by atoms with van der Waals surface area (Å²) < 4.78 is 11.0. The van der Waals surface area contributed by atoms with Gasteiger partial charge in [-0.15, -0.1) is 0 Å². The lowest BCUT2D eigenvalue weighted by Gasteiger charge is -2.12. The summed E-state index contributed by atoms with van der Waals surface area (Å²) in [6.07, 6.45) is 1.34. The van der Waals surface area contributed by atoms with Gasteiger partial charge in [0.25, 0.3) is 5.91 Å². The molecule has 7 heteroatoms. The van der Waals surface area contributed by atoms with Crippen LogP contribution in [-0.2, 0) is 6.61 Å². The van der Waals surface area contributed by atoms with Crippen molar-refractivity contribution in [1.29, 1.82) is 0 Å². The molecule has 35 heavy (non-hydrogen) atoms. The maximum absolute atomic E-state index is 12.4. The van der Waals surface area contributed by atoms with E-state index in [2.05, 4.69) is 10.5 Å². The van der Waals surface area contributed by atoms with Gasteiger partial charge in [0.2, 0.25) is 5.75 Å². The molecular formula is C28H24N2O5. The molecule has 0 spiro atoms. The van der Waals surface area contributed by atoms with E-state index in [-0.39, 0.29) is 17.2 Å². The number of para-hydroxylation sites is 1. The molecule has 0 unspecified atom stereocenters. The smallest absolute Gasteiger partial charge is 0.271 e. The minimum atomic E-state index is -0.391. The van der Waals surface area contributed by atoms with Crippen LogP contribution in [0.25, 0.3) is 11.1 Å². The Morgan fingerprint density at radius 2 is 1.63 bits per heavy atom. The molecule has 4 rings (SSSR count). The van der Waals surface area contributed by atoms with Crippen LogP contribution in [-0.4, -0.2) is 29.4 Å². The van der Waals surface area contributed by atoms with Crippen LogP contribution >= 0.6 is 0 Å². The molecule has 0 aliphatic heterocycles. The van der Waals surface area contributed by atoms with Crippen molar-refractivity contribution in [2.45, 2.75) is 6.61 Å². The molecular weight excluding hydrogens is 444 g/mol. The highest BCUT2D eigenvalue weighted by Crippen LogP contribution is 2.35. The number of benzene rings is 4. The van der Waals surface area contributed by atoms with Crippen LogP contribution in [0.4, 0.5) is 0 Å². The SMILES string of the molecule is COc1cc(/C=N/NC(=O)c2ccc(COc3ccccc3-c3ccccc3)cc2)cc(O)c1O. The molecule has 7 nitrogen and oxygen atoms in total. The largest absolute Gasteiger partial charge is 0.504 e. The Hall–Kier alpha value is -4.78. The molecule has 0 atom stereocenters. The third-order valence-electron chi connectivity index (χ3n) is 5.26. The lowest BCUT2D eigenvalue weighted by molar-refractivity contribution is 0.0955. The van der Waals surface area contributed by atoms with Crippen molar-refractivity contribution in [3.63, 3.8) is 0 Å². The number of aromatic hydroxyl groups is 2. The predicted octanol–water partition coefficient (Wildman–Crippen LogP) is 5.12. The zero-order valence-corrected chi connectivity index (χ0v) is 19.0. The van der Waals surface area contributed by atoms with Crippen molar-refractivity contribution in [3.05, 3.63) is 108 Å². The minimum absolute atomic E-state index is 0.0991. The minimum Gasteiger partial charge on any atom is -0.504 e. The number of phenols is 2. The van der Waals surface area contributed by atoms with Crippen LogP contribution in [0, 0.1) is 0 Å². The van der Waals surface area contributed by atoms with E-state index >= 15 is 0 Å². The fourth-order valence-electron chi connectivity index (χ4n) is 3.44. The monoisotopic (exact) mass is 468 g/mol. The first-order valence-corrected chi connectivity index (χ1v) is 10.8. The number of ether oxygens (including phenoxy) is 2. The number of carbonyl (C=O) groups is 1. The third kappa shape index (κ3) is 5.78. The Morgan fingerprint density at radius 3 is 2.37 bits per heavy atom. The van der Waals surface area contributed by atoms with Crippen LogP contribution in [0.1, 0.15) is 21.5 Å². The quantitative estimate of drug-likeness (QED) is 0.189. The summed E-state index contributed by atoms with van der Waals surface area (Å²) in [4.78, 5) is 12.4. The number of phenolic OH excluding ortho intramolecular Hbond substituents is 2. The Balaban J connectivity index is 1.36. The van der Waals surface area contributed by atoms with Gasteiger partial charge < -0.3 is 19.7 Å². The second kappa shape index (κ2) is 10.9. The second-order valence-electron chi connectivity index (χ2n) is 7.64. The maximum Gasteiger partial charge on any atom is 0.271 e. The lowest BCUT2D eigenvalue weighted by Crippen LogP contribution is -2.17. The van der Waals surface area contributed by atoms with E-state index in [1.165, 1.54) is 25.5 Å². The van der Waals surface area contributed by atoms with Crippen molar-refractivity contribution in [1.82, 2.24) is 5.43 Å². The fourth-order valence-corrected chi connectivity index (χ4v) is 3.44. The van der Waals surface area contributed by atoms with Crippen LogP contribution in [0.15, 0.2) is 96.1 Å². The molecule has 0 aliphatic carbocycles. The number of rotatable bonds is 8. The van der Waals surface area contributed by atoms with Gasteiger partial charge in [0, 0.05) is 16.7 Å². The Morgan fingerprint density at radius 1 is 0.914 bits per heavy atom. The summed E-state index contributed by atoms with van der Waals surface area (Å²) >= 11 is 0. The predicted molar refractivity (Wildman–Crippen MR) is 134 cm³/mol. The van der Waals surface area contributed by atoms with Crippen LogP contribution in [0.3, 0.4) is 0 Å². The molecule has 4 aromatic carbocycles. The van der Waals surface area contributed by atoms with Crippen molar-refractivity contribution < 1.29 is 24.5 Å². The molecule has 0 aliphatic rings. The van der Waals surface area contributed by atoms with Crippen molar-refractivity contribution in [2.75, 3.05) is 7.11 Å². The average Bonchev–Trinajstić information content (AvgIpc) is 2.90. The van der Waals surface area contributed by atoms with Gasteiger partial charge in [-0.3, -0.25) is 4.79 Å². The van der Waals surface area contributed by atoms with E-state index in [1.807, 2.05) is 66.7 Å². The van der Waals surface area contributed by atoms with E-state index < -0.39 is 5.91 Å². The molecule has 0 radical (unpaired) electrons. The van der Waals surface area contributed by atoms with E-state index in [0.29, 0.717) is 17.7 Å². The summed E-state index contributed by atoms with van der Waals surface area (Å²) in [6.45, 7) is 0.357. The maximum atomic E-state index is 12.4. The number of amides is 1. The average molecular weight is 469 g/mol. The number of hydrogen-bond acceptors (Lipinski definition) is 6. The Bertz CT molecular complexity index is 1340. The third-order valence-corrected chi connectivity index (χ3v) is 5.26. The van der Waals surface area contributed by atoms with Crippen molar-refractivity contribution in [3.8, 4) is 34.1 Å². The summed E-state index contributed by atoms with van der Waals surface area (Å²) in [5, 5.41) is 23.3. The number of nitrogens with zero attached hydrogens (tertiary/aromatic N) is 1. The van der Waals surface area contributed by atoms with Gasteiger partial charge in [0.05, 0.1) is 13.3 Å². The molecule has 0 saturated heterocycles. The number of hydrazone groups is 1. The standard InChI is InChI=1S/C28H24N2O5/c1-34-26-16-20(15-24(31)27(26)32)17-29-30-28(33)22-13-11-19(12-14-22)18-35-25-10-6-5-9-23(25)21-7-3-2-4-8-21/h2-17,31-32H,18H2,1H3,(H,30,33)/b29-17+. The van der Waals surface area contributed by atoms with Gasteiger partial charge in [-0.05, 0) is 41.5 Å². The summed E-state index contributed by atoms with van der Waals surface area (Å²) in [5.41, 5.74) is 6.33. The molecule has 1 amide bonds. The van der Waals surface area contributed by atoms with Gasteiger partial charge >= 0.3 is 0 Å². The Labute approximate surface area is 202 Å². The Kier molecular flexibility index (Phi) is 7.28. The van der Waals surface area contributed by atoms with E-state index in [1.54, 1.807) is 12.1 Å². The number of methoxy groups -OCH3 is 1. The van der Waals surface area contributed by atoms with Gasteiger partial charge in [-0.25, -0.2) is 5.43 Å². The number of carbonyl (C=O) groups excluding carboxylic acids is 1. The summed E-state index contributed by atoms with van der Waals surface area (Å²) in [7, 11) is 1.37. The molecule has 176 valence electrons. The zero-order valence-electron chi connectivity index (χ0n) is 19.0. The highest BCUT2D eigenvalue weighted by molar-refractivity contribution is 5.95. The normalized spacial score (nSPS) is 10.8. The van der Waals surface area contributed by atoms with Gasteiger partial charge in [-0.1, -0.05) is 60.7 Å². The first-order valence-electron chi connectivity index (χ1n) is 10.8. The first kappa shape index (κ1) is 23.4. The summed E-state index contributed by atoms with van der Waals surface area (Å²) in [6, 6.07) is 27.7. The van der Waals surface area contributed by atoms with Gasteiger partial charge in [0.15, 0.2) is 11.5 Å². The lowest BCUT2D eigenvalue weighted by atomic mass is 10.0. The molecule has 0 heterocycles. The summed E-state index contributed by atoms with van der Waals surface area (Å²) in [5.74, 6) is -0.213. The van der Waals surface area contributed by atoms with Crippen LogP contribution in [0.2, 0.25) is 0 Å². The van der Waals surface area contributed by atoms with Crippen molar-refractivity contribution in [2.24, 2.45) is 5.10 Å². The number of hydrogen-bond donors (Lipinski definition) is 3. The highest BCUT2D eigenvalue weighted by atomic mass is 16.5. The molecule has 0 saturated carbocycles. The fraction of sp³-hybridized carbons (Fsp3) is 0.0714. The number of nitrogens with one attached hydrogen (secondary N) is 1. The topological polar surface area (TPSA) is 100 Å². The van der Waals surface area contributed by atoms with Crippen LogP contribution in [0.5, 0.6) is 23.0 Å². The van der Waals surface area contributed by atoms with Crippen LogP contribution < -0.4 is 14.9 Å². The van der Waals surface area contributed by atoms with E-state index in [0.717, 1.165) is 22.4 Å². The molecule has 0 bridgehead atoms. The van der Waals surface area contributed by atoms with Gasteiger partial charge in [-0.2, -0.15) is 5.10 Å². The molecule has 3 N–H and O–H groups in total. The second-order valence-corrected chi connectivity index (χ2v) is 7.64. The molecule has 4 aromatic rings. The highest BCUT2D eigenvalue weighted by Gasteiger charge is 2.10.